The van der Waals surface area contributed by atoms with Crippen LogP contribution in [-0.4, -0.2) is 12.5 Å². The molecule has 1 atom stereocenters. The molecule has 0 fully saturated rings. The third-order valence-electron chi connectivity index (χ3n) is 3.44. The summed E-state index contributed by atoms with van der Waals surface area (Å²) in [5, 5.41) is 2.81. The van der Waals surface area contributed by atoms with E-state index in [1.807, 2.05) is 24.3 Å². The molecule has 0 radical (unpaired) electrons. The molecule has 0 bridgehead atoms. The highest BCUT2D eigenvalue weighted by molar-refractivity contribution is 9.10. The van der Waals surface area contributed by atoms with E-state index >= 15 is 0 Å². The predicted molar refractivity (Wildman–Crippen MR) is 81.9 cm³/mol. The lowest BCUT2D eigenvalue weighted by Gasteiger charge is -2.24. The van der Waals surface area contributed by atoms with E-state index in [1.165, 1.54) is 18.2 Å². The number of benzene rings is 2. The number of ether oxygens (including phenoxy) is 1. The summed E-state index contributed by atoms with van der Waals surface area (Å²) < 4.78 is 19.2. The molecule has 2 aromatic rings. The number of nitrogens with one attached hydrogen (secondary N) is 1. The minimum absolute atomic E-state index is 0.128. The van der Waals surface area contributed by atoms with Gasteiger partial charge in [-0.1, -0.05) is 18.2 Å². The first-order valence-electron chi connectivity index (χ1n) is 6.60. The van der Waals surface area contributed by atoms with Gasteiger partial charge in [-0.15, -0.1) is 0 Å². The summed E-state index contributed by atoms with van der Waals surface area (Å²) in [4.78, 5) is 12.3. The van der Waals surface area contributed by atoms with Crippen LogP contribution in [0.3, 0.4) is 0 Å². The summed E-state index contributed by atoms with van der Waals surface area (Å²) in [5.74, 6) is 0.105. The van der Waals surface area contributed by atoms with E-state index in [0.717, 1.165) is 11.3 Å². The van der Waals surface area contributed by atoms with Gasteiger partial charge in [0.1, 0.15) is 18.2 Å². The molecule has 108 valence electrons. The highest BCUT2D eigenvalue weighted by Crippen LogP contribution is 2.28. The Morgan fingerprint density at radius 3 is 2.90 bits per heavy atom. The molecule has 0 spiro atoms. The van der Waals surface area contributed by atoms with Gasteiger partial charge in [-0.2, -0.15) is 0 Å². The van der Waals surface area contributed by atoms with Crippen molar-refractivity contribution < 1.29 is 13.9 Å². The van der Waals surface area contributed by atoms with Crippen molar-refractivity contribution in [3.05, 3.63) is 58.3 Å². The highest BCUT2D eigenvalue weighted by atomic mass is 79.9. The Hall–Kier alpha value is -1.88. The molecular formula is C16H13BrFNO2. The number of para-hydroxylation sites is 1. The third kappa shape index (κ3) is 3.08. The van der Waals surface area contributed by atoms with E-state index in [1.54, 1.807) is 0 Å². The normalized spacial score (nSPS) is 16.8. The number of amides is 1. The standard InChI is InChI=1S/C16H13BrFNO2/c17-13-8-12(18)5-6-14(13)19-16(20)11-7-10-3-1-2-4-15(10)21-9-11/h1-6,8,11H,7,9H2,(H,19,20). The van der Waals surface area contributed by atoms with Gasteiger partial charge in [0, 0.05) is 4.47 Å². The zero-order valence-electron chi connectivity index (χ0n) is 11.1. The monoisotopic (exact) mass is 349 g/mol. The summed E-state index contributed by atoms with van der Waals surface area (Å²) in [6.45, 7) is 0.349. The van der Waals surface area contributed by atoms with Crippen LogP contribution in [0.2, 0.25) is 0 Å². The number of hydrogen-bond donors (Lipinski definition) is 1. The van der Waals surface area contributed by atoms with E-state index in [4.69, 9.17) is 4.74 Å². The van der Waals surface area contributed by atoms with Crippen molar-refractivity contribution in [2.24, 2.45) is 5.92 Å². The molecule has 1 N–H and O–H groups in total. The van der Waals surface area contributed by atoms with Crippen LogP contribution in [0.4, 0.5) is 10.1 Å². The molecule has 0 saturated heterocycles. The minimum atomic E-state index is -0.352. The second-order valence-corrected chi connectivity index (χ2v) is 5.79. The van der Waals surface area contributed by atoms with Gasteiger partial charge in [-0.05, 0) is 52.2 Å². The summed E-state index contributed by atoms with van der Waals surface area (Å²) >= 11 is 3.24. The molecule has 3 nitrogen and oxygen atoms in total. The van der Waals surface area contributed by atoms with Crippen molar-refractivity contribution >= 4 is 27.5 Å². The number of carbonyl (C=O) groups excluding carboxylic acids is 1. The third-order valence-corrected chi connectivity index (χ3v) is 4.09. The largest absolute Gasteiger partial charge is 0.492 e. The maximum Gasteiger partial charge on any atom is 0.231 e. The van der Waals surface area contributed by atoms with Crippen molar-refractivity contribution in [3.63, 3.8) is 0 Å². The molecule has 3 rings (SSSR count). The Morgan fingerprint density at radius 1 is 1.29 bits per heavy atom. The Balaban J connectivity index is 1.72. The van der Waals surface area contributed by atoms with Crippen molar-refractivity contribution in [1.82, 2.24) is 0 Å². The first-order valence-corrected chi connectivity index (χ1v) is 7.39. The van der Waals surface area contributed by atoms with Crippen LogP contribution in [0.15, 0.2) is 46.9 Å². The van der Waals surface area contributed by atoms with Gasteiger partial charge in [0.15, 0.2) is 0 Å². The topological polar surface area (TPSA) is 38.3 Å². The lowest BCUT2D eigenvalue weighted by atomic mass is 9.96. The molecule has 1 unspecified atom stereocenters. The van der Waals surface area contributed by atoms with Crippen molar-refractivity contribution in [1.29, 1.82) is 0 Å². The Labute approximate surface area is 130 Å². The van der Waals surface area contributed by atoms with Crippen LogP contribution in [0, 0.1) is 11.7 Å². The van der Waals surface area contributed by atoms with Crippen LogP contribution in [0.1, 0.15) is 5.56 Å². The molecular weight excluding hydrogens is 337 g/mol. The smallest absolute Gasteiger partial charge is 0.231 e. The number of rotatable bonds is 2. The number of hydrogen-bond acceptors (Lipinski definition) is 2. The number of halogens is 2. The molecule has 0 aromatic heterocycles. The minimum Gasteiger partial charge on any atom is -0.492 e. The fourth-order valence-electron chi connectivity index (χ4n) is 2.32. The molecule has 21 heavy (non-hydrogen) atoms. The van der Waals surface area contributed by atoms with E-state index in [9.17, 15) is 9.18 Å². The van der Waals surface area contributed by atoms with Gasteiger partial charge in [-0.3, -0.25) is 4.79 Å². The number of fused-ring (bicyclic) bond motifs is 1. The van der Waals surface area contributed by atoms with Gasteiger partial charge in [-0.25, -0.2) is 4.39 Å². The fraction of sp³-hybridized carbons (Fsp3) is 0.188. The zero-order valence-corrected chi connectivity index (χ0v) is 12.7. The molecule has 0 saturated carbocycles. The zero-order chi connectivity index (χ0) is 14.8. The van der Waals surface area contributed by atoms with Gasteiger partial charge >= 0.3 is 0 Å². The van der Waals surface area contributed by atoms with Crippen molar-refractivity contribution in [2.75, 3.05) is 11.9 Å². The summed E-state index contributed by atoms with van der Waals surface area (Å²) in [7, 11) is 0. The first-order chi connectivity index (χ1) is 10.1. The van der Waals surface area contributed by atoms with E-state index < -0.39 is 0 Å². The lowest BCUT2D eigenvalue weighted by Crippen LogP contribution is -2.32. The van der Waals surface area contributed by atoms with Crippen LogP contribution in [0.25, 0.3) is 0 Å². The van der Waals surface area contributed by atoms with Gasteiger partial charge < -0.3 is 10.1 Å². The summed E-state index contributed by atoms with van der Waals surface area (Å²) in [6, 6.07) is 11.9. The van der Waals surface area contributed by atoms with Crippen LogP contribution >= 0.6 is 15.9 Å². The van der Waals surface area contributed by atoms with Crippen molar-refractivity contribution in [2.45, 2.75) is 6.42 Å². The molecule has 5 heteroatoms. The summed E-state index contributed by atoms with van der Waals surface area (Å²) in [6.07, 6.45) is 0.640. The van der Waals surface area contributed by atoms with E-state index in [-0.39, 0.29) is 17.6 Å². The lowest BCUT2D eigenvalue weighted by molar-refractivity contribution is -0.121. The van der Waals surface area contributed by atoms with Crippen LogP contribution in [0.5, 0.6) is 5.75 Å². The molecule has 1 aliphatic rings. The predicted octanol–water partition coefficient (Wildman–Crippen LogP) is 3.78. The Morgan fingerprint density at radius 2 is 2.10 bits per heavy atom. The molecule has 1 amide bonds. The molecule has 2 aromatic carbocycles. The quantitative estimate of drug-likeness (QED) is 0.895. The molecule has 1 heterocycles. The molecule has 1 aliphatic heterocycles. The highest BCUT2D eigenvalue weighted by Gasteiger charge is 2.26. The maximum atomic E-state index is 13.0. The SMILES string of the molecule is O=C(Nc1ccc(F)cc1Br)C1COc2ccccc2C1. The summed E-state index contributed by atoms with van der Waals surface area (Å²) in [5.41, 5.74) is 1.59. The second-order valence-electron chi connectivity index (χ2n) is 4.93. The number of anilines is 1. The fourth-order valence-corrected chi connectivity index (χ4v) is 2.77. The van der Waals surface area contributed by atoms with E-state index in [2.05, 4.69) is 21.2 Å². The number of carbonyl (C=O) groups is 1. The van der Waals surface area contributed by atoms with Crippen LogP contribution < -0.4 is 10.1 Å². The average Bonchev–Trinajstić information content (AvgIpc) is 2.49. The Bertz CT molecular complexity index is 690. The van der Waals surface area contributed by atoms with E-state index in [0.29, 0.717) is 23.2 Å². The average molecular weight is 350 g/mol. The van der Waals surface area contributed by atoms with Gasteiger partial charge in [0.05, 0.1) is 11.6 Å². The first kappa shape index (κ1) is 14.1. The Kier molecular flexibility index (Phi) is 3.92. The van der Waals surface area contributed by atoms with Gasteiger partial charge in [0.25, 0.3) is 0 Å². The van der Waals surface area contributed by atoms with Crippen molar-refractivity contribution in [3.8, 4) is 5.75 Å². The molecule has 0 aliphatic carbocycles. The van der Waals surface area contributed by atoms with Gasteiger partial charge in [0.2, 0.25) is 5.91 Å². The van der Waals surface area contributed by atoms with Crippen LogP contribution in [-0.2, 0) is 11.2 Å². The second kappa shape index (κ2) is 5.85. The maximum absolute atomic E-state index is 13.0.